The van der Waals surface area contributed by atoms with E-state index in [1.165, 1.54) is 67.4 Å². The Morgan fingerprint density at radius 2 is 1.79 bits per heavy atom. The quantitative estimate of drug-likeness (QED) is 0.0803. The number of aromatic nitrogens is 2. The zero-order valence-corrected chi connectivity index (χ0v) is 40.2. The lowest BCUT2D eigenvalue weighted by Crippen LogP contribution is -2.54. The van der Waals surface area contributed by atoms with Crippen molar-refractivity contribution in [2.45, 2.75) is 127 Å². The lowest BCUT2D eigenvalue weighted by molar-refractivity contribution is -0.384. The summed E-state index contributed by atoms with van der Waals surface area (Å²) in [6, 6.07) is 18.4. The van der Waals surface area contributed by atoms with E-state index in [2.05, 4.69) is 81.8 Å². The third-order valence-electron chi connectivity index (χ3n) is 15.8. The Labute approximate surface area is 397 Å². The number of carbonyl (C=O) groups is 1. The standard InChI is InChI=1S/C52H62FN7O7S/c1-32(2)39-8-5-6-9-40(39)44-10-7-19-59(44)36-27-52(28-36)17-20-58(21-18-52)35-11-12-41(46(23-35)67-37-24-42-43(53)30-55-49(42)54-29-37)50(61)57-68(64,65)38-25-45(60(62)63)48-47(26-38)66-31-34(56-48)22-33-13-15-51(3,4)16-14-33/h5-6,8-9,11-12,23-26,29-30,32-34,36,44,56H,7,10,13-22,27-28,31H2,1-4H3,(H,54,55)(H,57,61)/t34?,44-/m1/s1. The van der Waals surface area contributed by atoms with E-state index in [0.29, 0.717) is 35.0 Å². The zero-order chi connectivity index (χ0) is 47.5. The number of benzene rings is 3. The molecule has 0 radical (unpaired) electrons. The number of sulfonamides is 1. The molecule has 0 bridgehead atoms. The number of halogens is 1. The Balaban J connectivity index is 0.853. The van der Waals surface area contributed by atoms with E-state index < -0.39 is 37.3 Å². The molecule has 68 heavy (non-hydrogen) atoms. The van der Waals surface area contributed by atoms with Gasteiger partial charge >= 0.3 is 0 Å². The molecule has 16 heteroatoms. The van der Waals surface area contributed by atoms with Gasteiger partial charge in [0.05, 0.1) is 33.0 Å². The molecular formula is C52H62FN7O7S. The molecule has 4 fully saturated rings. The van der Waals surface area contributed by atoms with Crippen LogP contribution >= 0.6 is 0 Å². The van der Waals surface area contributed by atoms with Crippen LogP contribution in [0.25, 0.3) is 11.0 Å². The van der Waals surface area contributed by atoms with Crippen molar-refractivity contribution in [2.24, 2.45) is 16.7 Å². The minimum atomic E-state index is -4.68. The molecule has 2 aliphatic carbocycles. The minimum Gasteiger partial charge on any atom is -0.489 e. The van der Waals surface area contributed by atoms with Crippen LogP contribution in [0.2, 0.25) is 0 Å². The molecule has 1 amide bonds. The van der Waals surface area contributed by atoms with Gasteiger partial charge in [0.15, 0.2) is 11.4 Å². The number of amides is 1. The van der Waals surface area contributed by atoms with Crippen molar-refractivity contribution in [2.75, 3.05) is 36.5 Å². The van der Waals surface area contributed by atoms with Crippen LogP contribution in [0, 0.1) is 32.7 Å². The molecule has 2 atom stereocenters. The van der Waals surface area contributed by atoms with Gasteiger partial charge in [-0.05, 0) is 129 Å². The molecule has 5 aliphatic rings. The van der Waals surface area contributed by atoms with Crippen LogP contribution in [0.5, 0.6) is 17.2 Å². The van der Waals surface area contributed by atoms with Crippen molar-refractivity contribution < 1.29 is 32.0 Å². The molecule has 5 aromatic rings. The van der Waals surface area contributed by atoms with Crippen LogP contribution in [0.15, 0.2) is 78.0 Å². The molecule has 360 valence electrons. The first-order valence-corrected chi connectivity index (χ1v) is 25.8. The molecule has 2 saturated heterocycles. The van der Waals surface area contributed by atoms with Gasteiger partial charge in [0.1, 0.15) is 29.6 Å². The highest BCUT2D eigenvalue weighted by atomic mass is 32.2. The van der Waals surface area contributed by atoms with Gasteiger partial charge in [0.25, 0.3) is 21.6 Å². The van der Waals surface area contributed by atoms with Crippen LogP contribution < -0.4 is 24.4 Å². The second-order valence-electron chi connectivity index (χ2n) is 21.2. The van der Waals surface area contributed by atoms with Crippen molar-refractivity contribution in [3.8, 4) is 17.2 Å². The van der Waals surface area contributed by atoms with Crippen molar-refractivity contribution >= 4 is 44.0 Å². The highest BCUT2D eigenvalue weighted by molar-refractivity contribution is 7.90. The lowest BCUT2D eigenvalue weighted by atomic mass is 9.59. The summed E-state index contributed by atoms with van der Waals surface area (Å²) in [4.78, 5) is 37.5. The molecule has 2 aromatic heterocycles. The summed E-state index contributed by atoms with van der Waals surface area (Å²) in [5, 5.41) is 15.9. The number of fused-ring (bicyclic) bond motifs is 2. The van der Waals surface area contributed by atoms with Crippen molar-refractivity contribution in [3.05, 3.63) is 106 Å². The highest BCUT2D eigenvalue weighted by Gasteiger charge is 2.50. The first-order valence-electron chi connectivity index (χ1n) is 24.4. The molecule has 1 spiro atoms. The van der Waals surface area contributed by atoms with E-state index >= 15 is 0 Å². The molecule has 3 aromatic carbocycles. The fraction of sp³-hybridized carbons (Fsp3) is 0.500. The number of anilines is 2. The van der Waals surface area contributed by atoms with Crippen LogP contribution in [-0.4, -0.2) is 72.4 Å². The third kappa shape index (κ3) is 9.13. The van der Waals surface area contributed by atoms with Gasteiger partial charge in [-0.15, -0.1) is 0 Å². The Hall–Kier alpha value is -5.74. The summed E-state index contributed by atoms with van der Waals surface area (Å²) >= 11 is 0. The van der Waals surface area contributed by atoms with Gasteiger partial charge in [-0.3, -0.25) is 19.8 Å². The molecule has 5 heterocycles. The van der Waals surface area contributed by atoms with Gasteiger partial charge in [0.2, 0.25) is 0 Å². The highest BCUT2D eigenvalue weighted by Crippen LogP contribution is 2.54. The summed E-state index contributed by atoms with van der Waals surface area (Å²) in [6.45, 7) is 12.0. The monoisotopic (exact) mass is 947 g/mol. The topological polar surface area (TPSA) is 172 Å². The fourth-order valence-electron chi connectivity index (χ4n) is 11.9. The van der Waals surface area contributed by atoms with Gasteiger partial charge in [-0.25, -0.2) is 22.5 Å². The maximum absolute atomic E-state index is 14.7. The lowest BCUT2D eigenvalue weighted by Gasteiger charge is -2.56. The van der Waals surface area contributed by atoms with Crippen LogP contribution in [0.1, 0.15) is 132 Å². The van der Waals surface area contributed by atoms with Crippen LogP contribution in [-0.2, 0) is 10.0 Å². The Morgan fingerprint density at radius 1 is 1.03 bits per heavy atom. The largest absolute Gasteiger partial charge is 0.489 e. The Bertz CT molecular complexity index is 2840. The number of nitrogens with one attached hydrogen (secondary N) is 3. The number of piperidine rings is 1. The van der Waals surface area contributed by atoms with Crippen LogP contribution in [0.4, 0.5) is 21.5 Å². The van der Waals surface area contributed by atoms with E-state index in [1.807, 2.05) is 0 Å². The fourth-order valence-corrected chi connectivity index (χ4v) is 12.9. The first-order chi connectivity index (χ1) is 32.5. The second kappa shape index (κ2) is 18.0. The number of carbonyl (C=O) groups excluding carboxylic acids is 1. The molecular weight excluding hydrogens is 886 g/mol. The number of nitrogens with zero attached hydrogens (tertiary/aromatic N) is 4. The number of ether oxygens (including phenoxy) is 2. The number of hydrogen-bond acceptors (Lipinski definition) is 11. The van der Waals surface area contributed by atoms with Gasteiger partial charge in [-0.1, -0.05) is 52.0 Å². The summed E-state index contributed by atoms with van der Waals surface area (Å²) < 4.78 is 57.1. The first kappa shape index (κ1) is 46.0. The number of pyridine rings is 1. The number of rotatable bonds is 12. The molecule has 3 N–H and O–H groups in total. The average Bonchev–Trinajstić information content (AvgIpc) is 3.94. The maximum atomic E-state index is 14.7. The van der Waals surface area contributed by atoms with E-state index in [9.17, 15) is 27.7 Å². The average molecular weight is 948 g/mol. The number of hydrogen-bond donors (Lipinski definition) is 3. The predicted octanol–water partition coefficient (Wildman–Crippen LogP) is 11.0. The molecule has 14 nitrogen and oxygen atoms in total. The molecule has 10 rings (SSSR count). The maximum Gasteiger partial charge on any atom is 0.297 e. The SMILES string of the molecule is CC(C)c1ccccc1[C@H]1CCCN1C1CC2(CCN(c3ccc(C(=O)NS(=O)(=O)c4cc5c(c([N+](=O)[O-])c4)NC(CC4CCC(C)(C)CC4)CO5)c(Oc4cnc5[nH]cc(F)c5c4)c3)CC2)C1. The predicted molar refractivity (Wildman–Crippen MR) is 260 cm³/mol. The normalized spacial score (nSPS) is 21.8. The van der Waals surface area contributed by atoms with E-state index in [1.54, 1.807) is 12.1 Å². The summed E-state index contributed by atoms with van der Waals surface area (Å²) in [7, 11) is -4.68. The van der Waals surface area contributed by atoms with E-state index in [0.717, 1.165) is 76.3 Å². The Morgan fingerprint density at radius 3 is 2.54 bits per heavy atom. The number of aromatic amines is 1. The van der Waals surface area contributed by atoms with Crippen LogP contribution in [0.3, 0.4) is 0 Å². The van der Waals surface area contributed by atoms with Gasteiger partial charge in [-0.2, -0.15) is 0 Å². The molecule has 1 unspecified atom stereocenters. The second-order valence-corrected chi connectivity index (χ2v) is 22.9. The summed E-state index contributed by atoms with van der Waals surface area (Å²) in [5.74, 6) is -0.412. The summed E-state index contributed by atoms with van der Waals surface area (Å²) in [6.07, 6.45) is 14.5. The van der Waals surface area contributed by atoms with Crippen molar-refractivity contribution in [1.82, 2.24) is 19.6 Å². The van der Waals surface area contributed by atoms with Gasteiger partial charge in [0, 0.05) is 55.3 Å². The third-order valence-corrected chi connectivity index (χ3v) is 17.1. The number of likely N-dealkylation sites (tertiary alicyclic amines) is 1. The zero-order valence-electron chi connectivity index (χ0n) is 39.4. The summed E-state index contributed by atoms with van der Waals surface area (Å²) in [5.41, 5.74) is 4.15. The van der Waals surface area contributed by atoms with E-state index in [-0.39, 0.29) is 51.9 Å². The molecule has 2 saturated carbocycles. The number of H-pyrrole nitrogens is 1. The smallest absolute Gasteiger partial charge is 0.297 e. The van der Waals surface area contributed by atoms with Gasteiger partial charge < -0.3 is 24.7 Å². The number of nitro benzene ring substituents is 1. The van der Waals surface area contributed by atoms with Crippen molar-refractivity contribution in [1.29, 1.82) is 0 Å². The molecule has 3 aliphatic heterocycles. The Kier molecular flexibility index (Phi) is 12.2. The minimum absolute atomic E-state index is 0.0229. The van der Waals surface area contributed by atoms with E-state index in [4.69, 9.17) is 9.47 Å². The van der Waals surface area contributed by atoms with Crippen molar-refractivity contribution in [3.63, 3.8) is 0 Å². The number of nitro groups is 1.